The molecule has 6 rings (SSSR count). The van der Waals surface area contributed by atoms with Gasteiger partial charge >= 0.3 is 20.2 Å². The third kappa shape index (κ3) is 8.33. The number of aryl methyl sites for hydroxylation is 2. The number of benzene rings is 6. The SMILES string of the molecule is Cc1cccc2c(S(=O)(=O)Oc3ccc(CO)cc3)cccc12.Cc1cccc2c(S(=O)(=O)Oc3ccc(CO[N+](=O)[O-])cc3)cccc12. The fraction of sp³-hybridized carbons (Fsp3) is 0.111. The zero-order valence-corrected chi connectivity index (χ0v) is 28.0. The molecule has 0 aliphatic heterocycles. The molecule has 11 nitrogen and oxygen atoms in total. The number of hydrogen-bond donors (Lipinski definition) is 1. The van der Waals surface area contributed by atoms with Crippen LogP contribution in [0.1, 0.15) is 22.3 Å². The van der Waals surface area contributed by atoms with Crippen molar-refractivity contribution in [3.63, 3.8) is 0 Å². The van der Waals surface area contributed by atoms with Gasteiger partial charge in [-0.2, -0.15) is 16.8 Å². The maximum Gasteiger partial charge on any atom is 0.339 e. The van der Waals surface area contributed by atoms with Crippen LogP contribution in [0, 0.1) is 24.0 Å². The Kier molecular flexibility index (Phi) is 10.5. The fourth-order valence-electron chi connectivity index (χ4n) is 5.07. The molecule has 0 spiro atoms. The van der Waals surface area contributed by atoms with Gasteiger partial charge in [0.05, 0.1) is 6.61 Å². The molecule has 6 aromatic carbocycles. The lowest BCUT2D eigenvalue weighted by atomic mass is 10.1. The first-order valence-electron chi connectivity index (χ1n) is 14.8. The molecule has 0 atom stereocenters. The Morgan fingerprint density at radius 3 is 1.37 bits per heavy atom. The van der Waals surface area contributed by atoms with Crippen molar-refractivity contribution in [1.82, 2.24) is 0 Å². The first-order chi connectivity index (χ1) is 23.4. The fourth-order valence-corrected chi connectivity index (χ4v) is 7.37. The molecule has 0 aromatic heterocycles. The zero-order chi connectivity index (χ0) is 35.2. The van der Waals surface area contributed by atoms with Gasteiger partial charge in [-0.25, -0.2) is 0 Å². The van der Waals surface area contributed by atoms with Gasteiger partial charge in [0, 0.05) is 10.8 Å². The van der Waals surface area contributed by atoms with E-state index in [-0.39, 0.29) is 34.5 Å². The van der Waals surface area contributed by atoms with Crippen LogP contribution in [-0.2, 0) is 38.3 Å². The van der Waals surface area contributed by atoms with E-state index in [1.54, 1.807) is 48.5 Å². The lowest BCUT2D eigenvalue weighted by molar-refractivity contribution is -0.763. The van der Waals surface area contributed by atoms with Gasteiger partial charge in [-0.05, 0) is 83.3 Å². The van der Waals surface area contributed by atoms with E-state index in [2.05, 4.69) is 4.84 Å². The summed E-state index contributed by atoms with van der Waals surface area (Å²) in [6, 6.07) is 33.3. The molecule has 0 saturated carbocycles. The molecule has 6 aromatic rings. The van der Waals surface area contributed by atoms with Crippen LogP contribution < -0.4 is 8.37 Å². The van der Waals surface area contributed by atoms with Crippen molar-refractivity contribution in [1.29, 1.82) is 0 Å². The van der Waals surface area contributed by atoms with Crippen LogP contribution in [0.3, 0.4) is 0 Å². The van der Waals surface area contributed by atoms with Crippen LogP contribution in [0.4, 0.5) is 0 Å². The highest BCUT2D eigenvalue weighted by Gasteiger charge is 2.21. The Balaban J connectivity index is 0.000000192. The quantitative estimate of drug-likeness (QED) is 0.0892. The molecular weight excluding hydrogens is 671 g/mol. The van der Waals surface area contributed by atoms with Crippen molar-refractivity contribution in [3.8, 4) is 11.5 Å². The lowest BCUT2D eigenvalue weighted by Gasteiger charge is -2.11. The van der Waals surface area contributed by atoms with Gasteiger partial charge in [0.2, 0.25) is 0 Å². The van der Waals surface area contributed by atoms with Crippen LogP contribution in [0.2, 0.25) is 0 Å². The van der Waals surface area contributed by atoms with E-state index in [0.717, 1.165) is 21.9 Å². The largest absolute Gasteiger partial charge is 0.392 e. The number of aliphatic hydroxyl groups excluding tert-OH is 1. The molecule has 0 aliphatic rings. The Morgan fingerprint density at radius 1 is 0.571 bits per heavy atom. The Hall–Kier alpha value is -5.50. The summed E-state index contributed by atoms with van der Waals surface area (Å²) in [5.41, 5.74) is 3.18. The average molecular weight is 702 g/mol. The second kappa shape index (κ2) is 14.7. The van der Waals surface area contributed by atoms with E-state index in [9.17, 15) is 26.9 Å². The van der Waals surface area contributed by atoms with Crippen LogP contribution >= 0.6 is 0 Å². The molecule has 49 heavy (non-hydrogen) atoms. The predicted molar refractivity (Wildman–Crippen MR) is 184 cm³/mol. The Morgan fingerprint density at radius 2 is 0.959 bits per heavy atom. The predicted octanol–water partition coefficient (Wildman–Crippen LogP) is 7.03. The molecule has 13 heteroatoms. The van der Waals surface area contributed by atoms with Crippen LogP contribution in [0.5, 0.6) is 11.5 Å². The van der Waals surface area contributed by atoms with E-state index in [0.29, 0.717) is 21.9 Å². The summed E-state index contributed by atoms with van der Waals surface area (Å²) in [5, 5.41) is 21.3. The standard InChI is InChI=1S/C18H15NO6S.C18H16O4S/c1-13-4-2-6-17-16(13)5-3-7-18(17)26(22,23)25-15-10-8-14(9-11-15)12-24-19(20)21;1-13-4-2-6-17-16(13)5-3-7-18(17)23(20,21)22-15-10-8-14(12-19)9-11-15/h2-11H,12H2,1H3;2-11,19H,12H2,1H3. The van der Waals surface area contributed by atoms with Crippen molar-refractivity contribution in [2.45, 2.75) is 36.9 Å². The zero-order valence-electron chi connectivity index (χ0n) is 26.3. The second-order valence-electron chi connectivity index (χ2n) is 10.9. The number of fused-ring (bicyclic) bond motifs is 2. The smallest absolute Gasteiger partial charge is 0.339 e. The van der Waals surface area contributed by atoms with Crippen LogP contribution in [0.15, 0.2) is 131 Å². The molecule has 0 saturated heterocycles. The Labute approximate surface area is 283 Å². The van der Waals surface area contributed by atoms with E-state index in [1.165, 1.54) is 42.5 Å². The third-order valence-electron chi connectivity index (χ3n) is 7.52. The third-order valence-corrected chi connectivity index (χ3v) is 10.1. The topological polar surface area (TPSA) is 159 Å². The van der Waals surface area contributed by atoms with Gasteiger partial charge in [0.15, 0.2) is 0 Å². The summed E-state index contributed by atoms with van der Waals surface area (Å²) >= 11 is 0. The molecule has 0 aliphatic carbocycles. The van der Waals surface area contributed by atoms with Crippen LogP contribution in [-0.4, -0.2) is 27.0 Å². The van der Waals surface area contributed by atoms with Gasteiger partial charge in [0.1, 0.15) is 27.9 Å². The highest BCUT2D eigenvalue weighted by molar-refractivity contribution is 7.87. The maximum absolute atomic E-state index is 12.7. The molecule has 0 heterocycles. The molecular formula is C36H31NO10S2. The van der Waals surface area contributed by atoms with Gasteiger partial charge < -0.3 is 18.3 Å². The van der Waals surface area contributed by atoms with Crippen molar-refractivity contribution < 1.29 is 40.2 Å². The van der Waals surface area contributed by atoms with Crippen molar-refractivity contribution in [2.24, 2.45) is 0 Å². The lowest BCUT2D eigenvalue weighted by Crippen LogP contribution is -2.10. The second-order valence-corrected chi connectivity index (χ2v) is 13.9. The molecule has 0 bridgehead atoms. The highest BCUT2D eigenvalue weighted by atomic mass is 32.2. The molecule has 0 unspecified atom stereocenters. The number of aliphatic hydroxyl groups is 1. The van der Waals surface area contributed by atoms with Crippen molar-refractivity contribution >= 4 is 41.8 Å². The first-order valence-corrected chi connectivity index (χ1v) is 17.6. The molecule has 0 amide bonds. The van der Waals surface area contributed by atoms with Gasteiger partial charge in [-0.15, -0.1) is 10.1 Å². The maximum atomic E-state index is 12.7. The van der Waals surface area contributed by atoms with E-state index < -0.39 is 25.3 Å². The highest BCUT2D eigenvalue weighted by Crippen LogP contribution is 2.29. The summed E-state index contributed by atoms with van der Waals surface area (Å²) in [6.07, 6.45) is 0. The summed E-state index contributed by atoms with van der Waals surface area (Å²) in [5.74, 6) is 0.325. The summed E-state index contributed by atoms with van der Waals surface area (Å²) in [4.78, 5) is 14.7. The van der Waals surface area contributed by atoms with E-state index in [1.807, 2.05) is 44.2 Å². The summed E-state index contributed by atoms with van der Waals surface area (Å²) < 4.78 is 61.0. The molecule has 252 valence electrons. The van der Waals surface area contributed by atoms with Gasteiger partial charge in [-0.3, -0.25) is 0 Å². The summed E-state index contributed by atoms with van der Waals surface area (Å²) in [6.45, 7) is 3.52. The monoisotopic (exact) mass is 701 g/mol. The normalized spacial score (nSPS) is 11.4. The summed E-state index contributed by atoms with van der Waals surface area (Å²) in [7, 11) is -7.97. The number of nitrogens with zero attached hydrogens (tertiary/aromatic N) is 1. The van der Waals surface area contributed by atoms with Gasteiger partial charge in [0.25, 0.3) is 5.09 Å². The molecule has 0 fully saturated rings. The van der Waals surface area contributed by atoms with Crippen molar-refractivity contribution in [3.05, 3.63) is 154 Å². The average Bonchev–Trinajstić information content (AvgIpc) is 3.08. The van der Waals surface area contributed by atoms with Crippen LogP contribution in [0.25, 0.3) is 21.5 Å². The minimum Gasteiger partial charge on any atom is -0.392 e. The first kappa shape index (κ1) is 34.8. The molecule has 0 radical (unpaired) electrons. The minimum atomic E-state index is -4.03. The molecule has 1 N–H and O–H groups in total. The number of rotatable bonds is 10. The Bertz CT molecular complexity index is 2340. The van der Waals surface area contributed by atoms with Crippen molar-refractivity contribution in [2.75, 3.05) is 0 Å². The minimum absolute atomic E-state index is 0.0828. The van der Waals surface area contributed by atoms with E-state index >= 15 is 0 Å². The number of hydrogen-bond acceptors (Lipinski definition) is 10. The van der Waals surface area contributed by atoms with E-state index in [4.69, 9.17) is 13.5 Å². The van der Waals surface area contributed by atoms with Gasteiger partial charge in [-0.1, -0.05) is 84.9 Å².